The molecule has 0 radical (unpaired) electrons. The van der Waals surface area contributed by atoms with Crippen LogP contribution in [0.5, 0.6) is 0 Å². The number of hydrogen-bond acceptors (Lipinski definition) is 2. The van der Waals surface area contributed by atoms with E-state index in [4.69, 9.17) is 0 Å². The first kappa shape index (κ1) is 15.7. The summed E-state index contributed by atoms with van der Waals surface area (Å²) in [5.41, 5.74) is 6.49. The van der Waals surface area contributed by atoms with E-state index < -0.39 is 11.7 Å². The van der Waals surface area contributed by atoms with E-state index in [1.165, 1.54) is 30.3 Å². The molecule has 0 spiro atoms. The van der Waals surface area contributed by atoms with Crippen LogP contribution in [0.15, 0.2) is 54.6 Å². The van der Waals surface area contributed by atoms with Crippen molar-refractivity contribution >= 4 is 11.6 Å². The van der Waals surface area contributed by atoms with Crippen LogP contribution in [0.2, 0.25) is 0 Å². The van der Waals surface area contributed by atoms with Crippen molar-refractivity contribution in [3.05, 3.63) is 77.4 Å². The van der Waals surface area contributed by atoms with E-state index in [1.54, 1.807) is 18.2 Å². The molecule has 0 unspecified atom stereocenters. The Labute approximate surface area is 127 Å². The van der Waals surface area contributed by atoms with Crippen molar-refractivity contribution in [3.63, 3.8) is 0 Å². The van der Waals surface area contributed by atoms with Gasteiger partial charge in [-0.1, -0.05) is 25.1 Å². The fraction of sp³-hybridized carbons (Fsp3) is 0.118. The number of rotatable bonds is 5. The highest BCUT2D eigenvalue weighted by Gasteiger charge is 2.11. The highest BCUT2D eigenvalue weighted by Crippen LogP contribution is 2.13. The first-order valence-electron chi connectivity index (χ1n) is 6.88. The normalized spacial score (nSPS) is 11.1. The largest absolute Gasteiger partial charge is 0.298 e. The topological polar surface area (TPSA) is 41.1 Å². The van der Waals surface area contributed by atoms with Gasteiger partial charge in [-0.05, 0) is 48.4 Å². The Balaban J connectivity index is 2.10. The quantitative estimate of drug-likeness (QED) is 0.828. The number of nitrogens with one attached hydrogen (secondary N) is 2. The number of allylic oxidation sites excluding steroid dienone is 1. The molecule has 5 heteroatoms. The summed E-state index contributed by atoms with van der Waals surface area (Å²) in [5, 5.41) is 0. The van der Waals surface area contributed by atoms with Gasteiger partial charge >= 0.3 is 0 Å². The Morgan fingerprint density at radius 2 is 1.73 bits per heavy atom. The smallest absolute Gasteiger partial charge is 0.272 e. The molecular formula is C17H16F2N2O. The average Bonchev–Trinajstić information content (AvgIpc) is 2.52. The van der Waals surface area contributed by atoms with E-state index in [-0.39, 0.29) is 11.4 Å². The lowest BCUT2D eigenvalue weighted by molar-refractivity contribution is 0.0938. The van der Waals surface area contributed by atoms with E-state index in [1.807, 2.05) is 13.0 Å². The molecule has 3 nitrogen and oxygen atoms in total. The Bertz CT molecular complexity index is 681. The molecule has 0 aliphatic heterocycles. The highest BCUT2D eigenvalue weighted by atomic mass is 19.1. The SMILES string of the molecule is CCC=C(NNC(=O)c1ccccc1F)c1ccc(F)cc1. The molecule has 1 amide bonds. The molecule has 0 aliphatic carbocycles. The van der Waals surface area contributed by atoms with Gasteiger partial charge < -0.3 is 0 Å². The minimum atomic E-state index is -0.593. The van der Waals surface area contributed by atoms with Gasteiger partial charge in [-0.3, -0.25) is 15.6 Å². The zero-order valence-corrected chi connectivity index (χ0v) is 12.1. The van der Waals surface area contributed by atoms with E-state index >= 15 is 0 Å². The van der Waals surface area contributed by atoms with Crippen molar-refractivity contribution in [2.75, 3.05) is 0 Å². The molecule has 0 saturated heterocycles. The molecule has 0 atom stereocenters. The van der Waals surface area contributed by atoms with Crippen molar-refractivity contribution in [3.8, 4) is 0 Å². The molecule has 2 rings (SSSR count). The first-order valence-corrected chi connectivity index (χ1v) is 6.88. The van der Waals surface area contributed by atoms with Gasteiger partial charge in [-0.15, -0.1) is 0 Å². The lowest BCUT2D eigenvalue weighted by Gasteiger charge is -2.13. The zero-order chi connectivity index (χ0) is 15.9. The molecule has 0 saturated carbocycles. The van der Waals surface area contributed by atoms with E-state index in [2.05, 4.69) is 10.9 Å². The lowest BCUT2D eigenvalue weighted by atomic mass is 10.1. The van der Waals surface area contributed by atoms with Gasteiger partial charge in [0.15, 0.2) is 0 Å². The molecule has 0 aliphatic rings. The van der Waals surface area contributed by atoms with Gasteiger partial charge in [0.2, 0.25) is 0 Å². The van der Waals surface area contributed by atoms with Crippen LogP contribution in [-0.2, 0) is 0 Å². The van der Waals surface area contributed by atoms with Gasteiger partial charge in [0, 0.05) is 0 Å². The lowest BCUT2D eigenvalue weighted by Crippen LogP contribution is -2.36. The van der Waals surface area contributed by atoms with Gasteiger partial charge in [-0.25, -0.2) is 8.78 Å². The fourth-order valence-electron chi connectivity index (χ4n) is 1.91. The van der Waals surface area contributed by atoms with Crippen LogP contribution in [0.25, 0.3) is 5.70 Å². The van der Waals surface area contributed by atoms with Gasteiger partial charge in [0.1, 0.15) is 11.6 Å². The number of benzene rings is 2. The third kappa shape index (κ3) is 3.91. The molecule has 2 N–H and O–H groups in total. The van der Waals surface area contributed by atoms with E-state index in [0.717, 1.165) is 12.0 Å². The van der Waals surface area contributed by atoms with E-state index in [0.29, 0.717) is 5.70 Å². The van der Waals surface area contributed by atoms with Crippen LogP contribution in [0.3, 0.4) is 0 Å². The Morgan fingerprint density at radius 1 is 1.05 bits per heavy atom. The maximum Gasteiger partial charge on any atom is 0.272 e. The first-order chi connectivity index (χ1) is 10.6. The van der Waals surface area contributed by atoms with Gasteiger partial charge in [-0.2, -0.15) is 0 Å². The van der Waals surface area contributed by atoms with Crippen LogP contribution < -0.4 is 10.9 Å². The van der Waals surface area contributed by atoms with Gasteiger partial charge in [0.05, 0.1) is 11.3 Å². The molecule has 0 heterocycles. The van der Waals surface area contributed by atoms with Crippen LogP contribution in [0.4, 0.5) is 8.78 Å². The Kier molecular flexibility index (Phi) is 5.25. The molecular weight excluding hydrogens is 286 g/mol. The van der Waals surface area contributed by atoms with Crippen molar-refractivity contribution in [1.82, 2.24) is 10.9 Å². The third-order valence-corrected chi connectivity index (χ3v) is 2.99. The number of hydrazine groups is 1. The van der Waals surface area contributed by atoms with Crippen LogP contribution >= 0.6 is 0 Å². The second kappa shape index (κ2) is 7.36. The second-order valence-electron chi connectivity index (χ2n) is 4.59. The Hall–Kier alpha value is -2.69. The number of amides is 1. The molecule has 2 aromatic rings. The standard InChI is InChI=1S/C17H16F2N2O/c1-2-5-16(12-8-10-13(18)11-9-12)20-21-17(22)14-6-3-4-7-15(14)19/h3-11,20H,2H2,1H3,(H,21,22). The number of carbonyl (C=O) groups excluding carboxylic acids is 1. The number of hydrogen-bond donors (Lipinski definition) is 2. The Morgan fingerprint density at radius 3 is 2.36 bits per heavy atom. The van der Waals surface area contributed by atoms with E-state index in [9.17, 15) is 13.6 Å². The van der Waals surface area contributed by atoms with Crippen molar-refractivity contribution in [2.24, 2.45) is 0 Å². The fourth-order valence-corrected chi connectivity index (χ4v) is 1.91. The van der Waals surface area contributed by atoms with Crippen molar-refractivity contribution < 1.29 is 13.6 Å². The van der Waals surface area contributed by atoms with Crippen LogP contribution in [-0.4, -0.2) is 5.91 Å². The number of halogens is 2. The summed E-state index contributed by atoms with van der Waals surface area (Å²) in [6, 6.07) is 11.6. The summed E-state index contributed by atoms with van der Waals surface area (Å²) in [5.74, 6) is -1.51. The third-order valence-electron chi connectivity index (χ3n) is 2.99. The second-order valence-corrected chi connectivity index (χ2v) is 4.59. The van der Waals surface area contributed by atoms with Crippen molar-refractivity contribution in [1.29, 1.82) is 0 Å². The van der Waals surface area contributed by atoms with Crippen LogP contribution in [0, 0.1) is 11.6 Å². The number of carbonyl (C=O) groups is 1. The summed E-state index contributed by atoms with van der Waals surface area (Å²) in [4.78, 5) is 12.0. The molecule has 0 aromatic heterocycles. The molecule has 114 valence electrons. The summed E-state index contributed by atoms with van der Waals surface area (Å²) < 4.78 is 26.5. The van der Waals surface area contributed by atoms with Crippen LogP contribution in [0.1, 0.15) is 29.3 Å². The molecule has 22 heavy (non-hydrogen) atoms. The summed E-state index contributed by atoms with van der Waals surface area (Å²) in [6.45, 7) is 1.93. The summed E-state index contributed by atoms with van der Waals surface area (Å²) in [7, 11) is 0. The van der Waals surface area contributed by atoms with Crippen molar-refractivity contribution in [2.45, 2.75) is 13.3 Å². The maximum atomic E-state index is 13.5. The average molecular weight is 302 g/mol. The maximum absolute atomic E-state index is 13.5. The molecule has 2 aromatic carbocycles. The van der Waals surface area contributed by atoms with Gasteiger partial charge in [0.25, 0.3) is 5.91 Å². The molecule has 0 fully saturated rings. The zero-order valence-electron chi connectivity index (χ0n) is 12.1. The predicted molar refractivity (Wildman–Crippen MR) is 81.7 cm³/mol. The minimum absolute atomic E-state index is 0.0510. The molecule has 0 bridgehead atoms. The summed E-state index contributed by atoms with van der Waals surface area (Å²) in [6.07, 6.45) is 2.56. The monoisotopic (exact) mass is 302 g/mol. The highest BCUT2D eigenvalue weighted by molar-refractivity contribution is 5.94. The minimum Gasteiger partial charge on any atom is -0.298 e. The summed E-state index contributed by atoms with van der Waals surface area (Å²) >= 11 is 0. The predicted octanol–water partition coefficient (Wildman–Crippen LogP) is 3.65.